The Morgan fingerprint density at radius 2 is 1.89 bits per heavy atom. The van der Waals surface area contributed by atoms with Gasteiger partial charge in [-0.3, -0.25) is 4.90 Å². The Labute approximate surface area is 108 Å². The van der Waals surface area contributed by atoms with Gasteiger partial charge in [0.2, 0.25) is 0 Å². The molecule has 18 heavy (non-hydrogen) atoms. The van der Waals surface area contributed by atoms with Crippen LogP contribution >= 0.6 is 0 Å². The predicted octanol–water partition coefficient (Wildman–Crippen LogP) is 2.20. The molecule has 0 spiro atoms. The van der Waals surface area contributed by atoms with Gasteiger partial charge in [-0.25, -0.2) is 9.59 Å². The highest BCUT2D eigenvalue weighted by Crippen LogP contribution is 2.25. The minimum absolute atomic E-state index is 0.368. The van der Waals surface area contributed by atoms with Crippen LogP contribution in [-0.2, 0) is 14.3 Å². The van der Waals surface area contributed by atoms with E-state index in [0.717, 1.165) is 6.42 Å². The van der Waals surface area contributed by atoms with Crippen molar-refractivity contribution in [1.29, 1.82) is 0 Å². The number of carbonyl (C=O) groups is 2. The molecular weight excluding hydrogens is 234 g/mol. The minimum Gasteiger partial charge on any atom is -0.467 e. The van der Waals surface area contributed by atoms with Gasteiger partial charge in [0.05, 0.1) is 7.11 Å². The van der Waals surface area contributed by atoms with Gasteiger partial charge in [0.15, 0.2) is 0 Å². The van der Waals surface area contributed by atoms with Crippen LogP contribution in [0.2, 0.25) is 0 Å². The Kier molecular flexibility index (Phi) is 4.59. The maximum atomic E-state index is 12.0. The fraction of sp³-hybridized carbons (Fsp3) is 0.846. The van der Waals surface area contributed by atoms with Crippen molar-refractivity contribution in [2.45, 2.75) is 52.2 Å². The number of nitrogens with zero attached hydrogens (tertiary/aromatic N) is 1. The molecule has 0 aromatic rings. The van der Waals surface area contributed by atoms with Gasteiger partial charge in [0.25, 0.3) is 0 Å². The van der Waals surface area contributed by atoms with Crippen molar-refractivity contribution in [2.75, 3.05) is 13.7 Å². The third kappa shape index (κ3) is 3.89. The van der Waals surface area contributed by atoms with Crippen LogP contribution in [0.15, 0.2) is 0 Å². The minimum atomic E-state index is -0.555. The Hall–Kier alpha value is -1.26. The summed E-state index contributed by atoms with van der Waals surface area (Å²) in [6.07, 6.45) is 1.07. The van der Waals surface area contributed by atoms with Gasteiger partial charge < -0.3 is 9.47 Å². The fourth-order valence-electron chi connectivity index (χ4n) is 2.04. The van der Waals surface area contributed by atoms with Crippen LogP contribution in [0.4, 0.5) is 4.79 Å². The highest BCUT2D eigenvalue weighted by Gasteiger charge is 2.37. The van der Waals surface area contributed by atoms with Crippen LogP contribution in [0.5, 0.6) is 0 Å². The van der Waals surface area contributed by atoms with E-state index in [2.05, 4.69) is 6.92 Å². The van der Waals surface area contributed by atoms with Gasteiger partial charge in [0.1, 0.15) is 11.6 Å². The number of piperidine rings is 1. The zero-order valence-electron chi connectivity index (χ0n) is 11.9. The first-order valence-electron chi connectivity index (χ1n) is 6.32. The van der Waals surface area contributed by atoms with Crippen molar-refractivity contribution in [2.24, 2.45) is 5.92 Å². The van der Waals surface area contributed by atoms with E-state index in [-0.39, 0.29) is 5.97 Å². The first kappa shape index (κ1) is 14.8. The van der Waals surface area contributed by atoms with E-state index in [1.54, 1.807) is 0 Å². The average molecular weight is 257 g/mol. The molecule has 2 atom stereocenters. The van der Waals surface area contributed by atoms with E-state index in [9.17, 15) is 9.59 Å². The van der Waals surface area contributed by atoms with Crippen LogP contribution in [-0.4, -0.2) is 42.3 Å². The number of esters is 1. The molecule has 5 heteroatoms. The lowest BCUT2D eigenvalue weighted by atomic mass is 9.93. The normalized spacial score (nSPS) is 24.6. The zero-order chi connectivity index (χ0) is 13.9. The summed E-state index contributed by atoms with van der Waals surface area (Å²) in [5.41, 5.74) is -0.555. The van der Waals surface area contributed by atoms with E-state index >= 15 is 0 Å². The molecular formula is C13H23NO4. The molecule has 0 radical (unpaired) electrons. The number of amides is 1. The zero-order valence-corrected chi connectivity index (χ0v) is 11.9. The third-order valence-corrected chi connectivity index (χ3v) is 2.97. The van der Waals surface area contributed by atoms with Gasteiger partial charge in [-0.2, -0.15) is 0 Å². The SMILES string of the molecule is COC(=O)[C@H]1C[C@H](C)CCN1C(=O)OC(C)(C)C. The van der Waals surface area contributed by atoms with Crippen molar-refractivity contribution in [1.82, 2.24) is 4.90 Å². The van der Waals surface area contributed by atoms with Gasteiger partial charge in [0, 0.05) is 6.54 Å². The maximum absolute atomic E-state index is 12.0. The van der Waals surface area contributed by atoms with Gasteiger partial charge >= 0.3 is 12.1 Å². The van der Waals surface area contributed by atoms with Crippen molar-refractivity contribution in [3.8, 4) is 0 Å². The Balaban J connectivity index is 2.77. The molecule has 104 valence electrons. The number of carbonyl (C=O) groups excluding carboxylic acids is 2. The number of rotatable bonds is 1. The quantitative estimate of drug-likeness (QED) is 0.676. The molecule has 0 N–H and O–H groups in total. The maximum Gasteiger partial charge on any atom is 0.411 e. The third-order valence-electron chi connectivity index (χ3n) is 2.97. The lowest BCUT2D eigenvalue weighted by Gasteiger charge is -2.37. The highest BCUT2D eigenvalue weighted by atomic mass is 16.6. The summed E-state index contributed by atoms with van der Waals surface area (Å²) in [6, 6.07) is -0.520. The molecule has 0 aromatic heterocycles. The number of likely N-dealkylation sites (tertiary alicyclic amines) is 1. The molecule has 1 aliphatic heterocycles. The summed E-state index contributed by atoms with van der Waals surface area (Å²) in [5, 5.41) is 0. The Morgan fingerprint density at radius 3 is 2.39 bits per heavy atom. The second kappa shape index (κ2) is 5.59. The van der Waals surface area contributed by atoms with Gasteiger partial charge in [-0.1, -0.05) is 6.92 Å². The van der Waals surface area contributed by atoms with Gasteiger partial charge in [-0.05, 0) is 39.5 Å². The largest absolute Gasteiger partial charge is 0.467 e. The summed E-state index contributed by atoms with van der Waals surface area (Å²) in [6.45, 7) is 8.04. The number of ether oxygens (including phenoxy) is 2. The predicted molar refractivity (Wildman–Crippen MR) is 67.1 cm³/mol. The summed E-state index contributed by atoms with van der Waals surface area (Å²) >= 11 is 0. The van der Waals surface area contributed by atoms with Crippen molar-refractivity contribution >= 4 is 12.1 Å². The molecule has 1 saturated heterocycles. The molecule has 0 aromatic carbocycles. The topological polar surface area (TPSA) is 55.8 Å². The van der Waals surface area contributed by atoms with Crippen LogP contribution in [0.25, 0.3) is 0 Å². The highest BCUT2D eigenvalue weighted by molar-refractivity contribution is 5.81. The van der Waals surface area contributed by atoms with E-state index < -0.39 is 17.7 Å². The molecule has 1 fully saturated rings. The van der Waals surface area contributed by atoms with Gasteiger partial charge in [-0.15, -0.1) is 0 Å². The van der Waals surface area contributed by atoms with Crippen LogP contribution in [0.1, 0.15) is 40.5 Å². The molecule has 1 aliphatic rings. The molecule has 0 saturated carbocycles. The monoisotopic (exact) mass is 257 g/mol. The van der Waals surface area contributed by atoms with Crippen LogP contribution in [0, 0.1) is 5.92 Å². The summed E-state index contributed by atoms with van der Waals surface area (Å²) in [4.78, 5) is 25.3. The Morgan fingerprint density at radius 1 is 1.28 bits per heavy atom. The van der Waals surface area contributed by atoms with Crippen molar-refractivity contribution < 1.29 is 19.1 Å². The average Bonchev–Trinajstić information content (AvgIpc) is 2.25. The van der Waals surface area contributed by atoms with E-state index in [4.69, 9.17) is 9.47 Å². The van der Waals surface area contributed by atoms with Crippen LogP contribution < -0.4 is 0 Å². The number of methoxy groups -OCH3 is 1. The summed E-state index contributed by atoms with van der Waals surface area (Å²) < 4.78 is 10.1. The summed E-state index contributed by atoms with van der Waals surface area (Å²) in [5.74, 6) is 0.0418. The second-order valence-corrected chi connectivity index (χ2v) is 5.84. The Bertz CT molecular complexity index is 321. The molecule has 1 amide bonds. The molecule has 1 heterocycles. The smallest absolute Gasteiger partial charge is 0.411 e. The molecule has 0 aliphatic carbocycles. The standard InChI is InChI=1S/C13H23NO4/c1-9-6-7-14(10(8-9)11(15)17-5)12(16)18-13(2,3)4/h9-10H,6-8H2,1-5H3/t9-,10-/m1/s1. The van der Waals surface area contributed by atoms with Crippen LogP contribution in [0.3, 0.4) is 0 Å². The summed E-state index contributed by atoms with van der Waals surface area (Å²) in [7, 11) is 1.34. The van der Waals surface area contributed by atoms with Crippen molar-refractivity contribution in [3.63, 3.8) is 0 Å². The molecule has 1 rings (SSSR count). The van der Waals surface area contributed by atoms with E-state index in [1.165, 1.54) is 12.0 Å². The first-order chi connectivity index (χ1) is 8.24. The molecule has 0 bridgehead atoms. The van der Waals surface area contributed by atoms with E-state index in [1.807, 2.05) is 20.8 Å². The number of hydrogen-bond acceptors (Lipinski definition) is 4. The van der Waals surface area contributed by atoms with E-state index in [0.29, 0.717) is 18.9 Å². The lowest BCUT2D eigenvalue weighted by Crippen LogP contribution is -2.51. The molecule has 5 nitrogen and oxygen atoms in total. The van der Waals surface area contributed by atoms with Crippen molar-refractivity contribution in [3.05, 3.63) is 0 Å². The number of hydrogen-bond donors (Lipinski definition) is 0. The molecule has 0 unspecified atom stereocenters. The first-order valence-corrected chi connectivity index (χ1v) is 6.32. The fourth-order valence-corrected chi connectivity index (χ4v) is 2.04. The lowest BCUT2D eigenvalue weighted by molar-refractivity contribution is -0.148. The second-order valence-electron chi connectivity index (χ2n) is 5.84.